The molecule has 0 unspecified atom stereocenters. The number of benzene rings is 2. The smallest absolute Gasteiger partial charge is 0.270 e. The number of halogens is 1. The predicted octanol–water partition coefficient (Wildman–Crippen LogP) is 3.42. The number of nitro groups is 1. The number of non-ortho nitro benzene ring substituents is 1. The summed E-state index contributed by atoms with van der Waals surface area (Å²) in [6.45, 7) is 1.06. The standard InChI is InChI=1S/C18H15ClN4O3/c19-17-9-15(23(25)26)5-6-16(17)18(24)21-10-13-1-3-14(4-2-13)11-22-8-7-20-12-22/h1-9,12H,10-11H2,(H,21,24). The average Bonchev–Trinajstić information content (AvgIpc) is 3.13. The molecule has 2 aromatic carbocycles. The Kier molecular flexibility index (Phi) is 5.28. The molecule has 1 aromatic heterocycles. The molecule has 0 bridgehead atoms. The number of nitro benzene ring substituents is 1. The predicted molar refractivity (Wildman–Crippen MR) is 97.0 cm³/mol. The third-order valence-electron chi connectivity index (χ3n) is 3.81. The van der Waals surface area contributed by atoms with E-state index in [9.17, 15) is 14.9 Å². The molecule has 7 nitrogen and oxygen atoms in total. The third kappa shape index (κ3) is 4.25. The summed E-state index contributed by atoms with van der Waals surface area (Å²) in [6.07, 6.45) is 5.37. The van der Waals surface area contributed by atoms with Crippen molar-refractivity contribution in [3.05, 3.63) is 93.0 Å². The highest BCUT2D eigenvalue weighted by Gasteiger charge is 2.14. The summed E-state index contributed by atoms with van der Waals surface area (Å²) in [7, 11) is 0. The van der Waals surface area contributed by atoms with E-state index in [1.54, 1.807) is 12.5 Å². The van der Waals surface area contributed by atoms with Crippen LogP contribution in [-0.4, -0.2) is 20.4 Å². The molecule has 1 N–H and O–H groups in total. The first kappa shape index (κ1) is 17.6. The molecular weight excluding hydrogens is 356 g/mol. The lowest BCUT2D eigenvalue weighted by atomic mass is 10.1. The molecule has 0 aliphatic rings. The quantitative estimate of drug-likeness (QED) is 0.531. The van der Waals surface area contributed by atoms with Crippen LogP contribution in [-0.2, 0) is 13.1 Å². The van der Waals surface area contributed by atoms with Crippen LogP contribution in [0, 0.1) is 10.1 Å². The normalized spacial score (nSPS) is 10.5. The number of amides is 1. The van der Waals surface area contributed by atoms with E-state index in [0.29, 0.717) is 6.54 Å². The first-order valence-corrected chi connectivity index (χ1v) is 8.16. The van der Waals surface area contributed by atoms with E-state index in [2.05, 4.69) is 10.3 Å². The maximum atomic E-state index is 12.2. The number of carbonyl (C=O) groups excluding carboxylic acids is 1. The lowest BCUT2D eigenvalue weighted by molar-refractivity contribution is -0.384. The van der Waals surface area contributed by atoms with Gasteiger partial charge >= 0.3 is 0 Å². The summed E-state index contributed by atoms with van der Waals surface area (Å²) in [4.78, 5) is 26.4. The molecular formula is C18H15ClN4O3. The molecule has 0 saturated carbocycles. The van der Waals surface area contributed by atoms with Gasteiger partial charge in [-0.2, -0.15) is 0 Å². The molecule has 1 heterocycles. The number of aromatic nitrogens is 2. The lowest BCUT2D eigenvalue weighted by Crippen LogP contribution is -2.23. The van der Waals surface area contributed by atoms with Crippen LogP contribution in [0.25, 0.3) is 0 Å². The first-order chi connectivity index (χ1) is 12.5. The number of nitrogens with one attached hydrogen (secondary N) is 1. The van der Waals surface area contributed by atoms with Crippen LogP contribution < -0.4 is 5.32 Å². The van der Waals surface area contributed by atoms with Gasteiger partial charge in [-0.25, -0.2) is 4.98 Å². The Morgan fingerprint density at radius 3 is 2.54 bits per heavy atom. The first-order valence-electron chi connectivity index (χ1n) is 7.78. The van der Waals surface area contributed by atoms with Gasteiger partial charge in [0.2, 0.25) is 0 Å². The molecule has 3 aromatic rings. The van der Waals surface area contributed by atoms with Gasteiger partial charge in [0.15, 0.2) is 0 Å². The van der Waals surface area contributed by atoms with Crippen molar-refractivity contribution in [3.8, 4) is 0 Å². The third-order valence-corrected chi connectivity index (χ3v) is 4.12. The van der Waals surface area contributed by atoms with Gasteiger partial charge in [-0.15, -0.1) is 0 Å². The second-order valence-electron chi connectivity index (χ2n) is 5.66. The van der Waals surface area contributed by atoms with E-state index in [0.717, 1.165) is 17.7 Å². The minimum atomic E-state index is -0.557. The van der Waals surface area contributed by atoms with Gasteiger partial charge in [0.05, 0.1) is 21.8 Å². The molecule has 8 heteroatoms. The molecule has 0 radical (unpaired) electrons. The minimum absolute atomic E-state index is 0.0485. The van der Waals surface area contributed by atoms with Gasteiger partial charge in [0.25, 0.3) is 11.6 Å². The van der Waals surface area contributed by atoms with Crippen molar-refractivity contribution in [1.82, 2.24) is 14.9 Å². The van der Waals surface area contributed by atoms with Crippen LogP contribution in [0.2, 0.25) is 5.02 Å². The summed E-state index contributed by atoms with van der Waals surface area (Å²) < 4.78 is 1.97. The highest BCUT2D eigenvalue weighted by Crippen LogP contribution is 2.22. The van der Waals surface area contributed by atoms with E-state index in [1.807, 2.05) is 35.0 Å². The van der Waals surface area contributed by atoms with E-state index < -0.39 is 4.92 Å². The fraction of sp³-hybridized carbons (Fsp3) is 0.111. The molecule has 0 atom stereocenters. The van der Waals surface area contributed by atoms with Gasteiger partial charge in [-0.05, 0) is 17.2 Å². The molecule has 26 heavy (non-hydrogen) atoms. The molecule has 3 rings (SSSR count). The Hall–Kier alpha value is -3.19. The Bertz CT molecular complexity index is 924. The fourth-order valence-corrected chi connectivity index (χ4v) is 2.69. The van der Waals surface area contributed by atoms with Gasteiger partial charge < -0.3 is 9.88 Å². The minimum Gasteiger partial charge on any atom is -0.348 e. The maximum absolute atomic E-state index is 12.2. The van der Waals surface area contributed by atoms with Crippen LogP contribution in [0.5, 0.6) is 0 Å². The van der Waals surface area contributed by atoms with Gasteiger partial charge in [-0.1, -0.05) is 35.9 Å². The highest BCUT2D eigenvalue weighted by atomic mass is 35.5. The van der Waals surface area contributed by atoms with Crippen LogP contribution in [0.15, 0.2) is 61.2 Å². The summed E-state index contributed by atoms with van der Waals surface area (Å²) >= 11 is 5.97. The summed E-state index contributed by atoms with van der Waals surface area (Å²) in [5, 5.41) is 13.5. The van der Waals surface area contributed by atoms with E-state index in [4.69, 9.17) is 11.6 Å². The van der Waals surface area contributed by atoms with E-state index in [1.165, 1.54) is 18.2 Å². The highest BCUT2D eigenvalue weighted by molar-refractivity contribution is 6.34. The van der Waals surface area contributed by atoms with Gasteiger partial charge in [0.1, 0.15) is 0 Å². The largest absolute Gasteiger partial charge is 0.348 e. The molecule has 1 amide bonds. The Labute approximate surface area is 154 Å². The lowest BCUT2D eigenvalue weighted by Gasteiger charge is -2.08. The molecule has 0 spiro atoms. The van der Waals surface area contributed by atoms with Crippen molar-refractivity contribution in [2.75, 3.05) is 0 Å². The van der Waals surface area contributed by atoms with Crippen molar-refractivity contribution < 1.29 is 9.72 Å². The second-order valence-corrected chi connectivity index (χ2v) is 6.06. The van der Waals surface area contributed by atoms with Crippen molar-refractivity contribution in [3.63, 3.8) is 0 Å². The Morgan fingerprint density at radius 1 is 1.19 bits per heavy atom. The monoisotopic (exact) mass is 370 g/mol. The number of imidazole rings is 1. The zero-order valence-electron chi connectivity index (χ0n) is 13.6. The van der Waals surface area contributed by atoms with E-state index in [-0.39, 0.29) is 22.2 Å². The SMILES string of the molecule is O=C(NCc1ccc(Cn2ccnc2)cc1)c1ccc([N+](=O)[O-])cc1Cl. The van der Waals surface area contributed by atoms with E-state index >= 15 is 0 Å². The molecule has 0 saturated heterocycles. The average molecular weight is 371 g/mol. The molecule has 0 aliphatic carbocycles. The Morgan fingerprint density at radius 2 is 1.92 bits per heavy atom. The molecule has 0 fully saturated rings. The van der Waals surface area contributed by atoms with Crippen LogP contribution >= 0.6 is 11.6 Å². The van der Waals surface area contributed by atoms with Crippen LogP contribution in [0.3, 0.4) is 0 Å². The summed E-state index contributed by atoms with van der Waals surface area (Å²) in [5.41, 5.74) is 2.11. The number of carbonyl (C=O) groups is 1. The summed E-state index contributed by atoms with van der Waals surface area (Å²) in [6, 6.07) is 11.6. The number of nitrogens with zero attached hydrogens (tertiary/aromatic N) is 3. The number of hydrogen-bond acceptors (Lipinski definition) is 4. The second kappa shape index (κ2) is 7.79. The van der Waals surface area contributed by atoms with Crippen molar-refractivity contribution >= 4 is 23.2 Å². The maximum Gasteiger partial charge on any atom is 0.270 e. The van der Waals surface area contributed by atoms with Crippen molar-refractivity contribution in [2.45, 2.75) is 13.1 Å². The zero-order valence-corrected chi connectivity index (χ0v) is 14.4. The topological polar surface area (TPSA) is 90.1 Å². The fourth-order valence-electron chi connectivity index (χ4n) is 2.43. The van der Waals surface area contributed by atoms with Gasteiger partial charge in [0, 0.05) is 37.6 Å². The Balaban J connectivity index is 1.60. The summed E-state index contributed by atoms with van der Waals surface area (Å²) in [5.74, 6) is -0.382. The van der Waals surface area contributed by atoms with Crippen molar-refractivity contribution in [2.24, 2.45) is 0 Å². The zero-order chi connectivity index (χ0) is 18.5. The number of hydrogen-bond donors (Lipinski definition) is 1. The van der Waals surface area contributed by atoms with Crippen LogP contribution in [0.1, 0.15) is 21.5 Å². The number of rotatable bonds is 6. The van der Waals surface area contributed by atoms with Crippen LogP contribution in [0.4, 0.5) is 5.69 Å². The molecule has 132 valence electrons. The van der Waals surface area contributed by atoms with Crippen molar-refractivity contribution in [1.29, 1.82) is 0 Å². The molecule has 0 aliphatic heterocycles. The van der Waals surface area contributed by atoms with Gasteiger partial charge in [-0.3, -0.25) is 14.9 Å².